The summed E-state index contributed by atoms with van der Waals surface area (Å²) in [6, 6.07) is 2.24. The van der Waals surface area contributed by atoms with Crippen LogP contribution in [0.5, 0.6) is 0 Å². The molecule has 0 atom stereocenters. The van der Waals surface area contributed by atoms with Crippen molar-refractivity contribution in [3.05, 3.63) is 23.9 Å². The van der Waals surface area contributed by atoms with Crippen LogP contribution < -0.4 is 4.72 Å². The van der Waals surface area contributed by atoms with Gasteiger partial charge < -0.3 is 10.0 Å². The Morgan fingerprint density at radius 2 is 2.00 bits per heavy atom. The van der Waals surface area contributed by atoms with E-state index >= 15 is 0 Å². The van der Waals surface area contributed by atoms with E-state index in [0.29, 0.717) is 0 Å². The molecule has 1 amide bonds. The van der Waals surface area contributed by atoms with Crippen LogP contribution in [0.2, 0.25) is 0 Å². The summed E-state index contributed by atoms with van der Waals surface area (Å²) in [5, 5.41) is 8.39. The smallest absolute Gasteiger partial charge is 0.337 e. The van der Waals surface area contributed by atoms with Gasteiger partial charge in [0.15, 0.2) is 5.03 Å². The van der Waals surface area contributed by atoms with E-state index in [0.717, 1.165) is 18.3 Å². The molecule has 0 aliphatic heterocycles. The molecule has 20 heavy (non-hydrogen) atoms. The molecule has 1 aromatic heterocycles. The molecule has 110 valence electrons. The highest BCUT2D eigenvalue weighted by molar-refractivity contribution is 7.89. The second-order valence-corrected chi connectivity index (χ2v) is 5.84. The minimum Gasteiger partial charge on any atom is -0.478 e. The maximum absolute atomic E-state index is 11.8. The number of nitrogens with one attached hydrogen (secondary N) is 1. The molecule has 0 aliphatic carbocycles. The second kappa shape index (κ2) is 6.44. The Morgan fingerprint density at radius 1 is 1.35 bits per heavy atom. The zero-order valence-corrected chi connectivity index (χ0v) is 11.8. The summed E-state index contributed by atoms with van der Waals surface area (Å²) in [5.74, 6) is -1.40. The van der Waals surface area contributed by atoms with Gasteiger partial charge in [0.25, 0.3) is 10.0 Å². The van der Waals surface area contributed by atoms with Gasteiger partial charge in [-0.2, -0.15) is 0 Å². The number of pyridine rings is 1. The number of nitrogens with zero attached hydrogens (tertiary/aromatic N) is 2. The highest BCUT2D eigenvalue weighted by Crippen LogP contribution is 2.06. The summed E-state index contributed by atoms with van der Waals surface area (Å²) in [6.45, 7) is -0.0539. The summed E-state index contributed by atoms with van der Waals surface area (Å²) < 4.78 is 25.9. The fourth-order valence-corrected chi connectivity index (χ4v) is 2.21. The highest BCUT2D eigenvalue weighted by Gasteiger charge is 2.16. The average Bonchev–Trinajstić information content (AvgIpc) is 2.38. The third kappa shape index (κ3) is 4.28. The Morgan fingerprint density at radius 3 is 2.45 bits per heavy atom. The van der Waals surface area contributed by atoms with Crippen LogP contribution in [-0.2, 0) is 14.8 Å². The van der Waals surface area contributed by atoms with E-state index in [1.807, 2.05) is 0 Å². The minimum absolute atomic E-state index is 0.0272. The van der Waals surface area contributed by atoms with Crippen LogP contribution in [0.4, 0.5) is 0 Å². The molecule has 0 spiro atoms. The van der Waals surface area contributed by atoms with Gasteiger partial charge in [0, 0.05) is 33.3 Å². The first kappa shape index (κ1) is 16.1. The number of sulfonamides is 1. The molecule has 2 N–H and O–H groups in total. The van der Waals surface area contributed by atoms with E-state index in [1.165, 1.54) is 4.90 Å². The molecular formula is C11H15N3O5S. The van der Waals surface area contributed by atoms with Crippen molar-refractivity contribution in [3.8, 4) is 0 Å². The van der Waals surface area contributed by atoms with Crippen molar-refractivity contribution in [1.29, 1.82) is 0 Å². The van der Waals surface area contributed by atoms with Crippen LogP contribution in [0.1, 0.15) is 16.8 Å². The number of hydrogen-bond donors (Lipinski definition) is 2. The standard InChI is InChI=1S/C11H15N3O5S/c1-14(2)10(15)5-6-13-20(18,19)9-4-3-8(7-12-9)11(16)17/h3-4,7,13H,5-6H2,1-2H3,(H,16,17). The van der Waals surface area contributed by atoms with Crippen molar-refractivity contribution in [2.75, 3.05) is 20.6 Å². The molecule has 0 aliphatic rings. The van der Waals surface area contributed by atoms with Crippen molar-refractivity contribution in [2.24, 2.45) is 0 Å². The Kier molecular flexibility index (Phi) is 5.17. The third-order valence-electron chi connectivity index (χ3n) is 2.39. The molecule has 0 bridgehead atoms. The number of carbonyl (C=O) groups is 2. The molecule has 9 heteroatoms. The number of carboxylic acids is 1. The Balaban J connectivity index is 2.69. The number of carboxylic acid groups (broad SMARTS) is 1. The van der Waals surface area contributed by atoms with Crippen molar-refractivity contribution in [2.45, 2.75) is 11.4 Å². The van der Waals surface area contributed by atoms with E-state index < -0.39 is 16.0 Å². The average molecular weight is 301 g/mol. The largest absolute Gasteiger partial charge is 0.478 e. The van der Waals surface area contributed by atoms with Crippen LogP contribution in [-0.4, -0.2) is 55.9 Å². The Hall–Kier alpha value is -2.00. The molecule has 0 aromatic carbocycles. The Bertz CT molecular complexity index is 595. The quantitative estimate of drug-likeness (QED) is 0.734. The summed E-state index contributed by atoms with van der Waals surface area (Å²) in [5.41, 5.74) is -0.105. The predicted octanol–water partition coefficient (Wildman–Crippen LogP) is -0.464. The SMILES string of the molecule is CN(C)C(=O)CCNS(=O)(=O)c1ccc(C(=O)O)cn1. The van der Waals surface area contributed by atoms with Crippen molar-refractivity contribution < 1.29 is 23.1 Å². The van der Waals surface area contributed by atoms with Crippen molar-refractivity contribution >= 4 is 21.9 Å². The fraction of sp³-hybridized carbons (Fsp3) is 0.364. The molecule has 0 saturated carbocycles. The van der Waals surface area contributed by atoms with Gasteiger partial charge in [0.1, 0.15) is 0 Å². The van der Waals surface area contributed by atoms with Crippen LogP contribution in [0.3, 0.4) is 0 Å². The molecule has 0 fully saturated rings. The lowest BCUT2D eigenvalue weighted by atomic mass is 10.3. The van der Waals surface area contributed by atoms with E-state index in [-0.39, 0.29) is 29.5 Å². The first-order valence-corrected chi connectivity index (χ1v) is 7.11. The molecule has 1 rings (SSSR count). The number of aromatic nitrogens is 1. The van der Waals surface area contributed by atoms with Crippen LogP contribution in [0.15, 0.2) is 23.4 Å². The van der Waals surface area contributed by atoms with Gasteiger partial charge >= 0.3 is 5.97 Å². The van der Waals surface area contributed by atoms with E-state index in [9.17, 15) is 18.0 Å². The first-order chi connectivity index (χ1) is 9.24. The predicted molar refractivity (Wildman–Crippen MR) is 69.7 cm³/mol. The number of rotatable bonds is 6. The van der Waals surface area contributed by atoms with Gasteiger partial charge in [-0.05, 0) is 12.1 Å². The number of aromatic carboxylic acids is 1. The summed E-state index contributed by atoms with van der Waals surface area (Å²) in [7, 11) is -0.704. The van der Waals surface area contributed by atoms with Gasteiger partial charge in [-0.1, -0.05) is 0 Å². The molecule has 0 saturated heterocycles. The molecule has 0 radical (unpaired) electrons. The van der Waals surface area contributed by atoms with E-state index in [4.69, 9.17) is 5.11 Å². The number of amides is 1. The maximum atomic E-state index is 11.8. The van der Waals surface area contributed by atoms with Crippen LogP contribution in [0, 0.1) is 0 Å². The highest BCUT2D eigenvalue weighted by atomic mass is 32.2. The fourth-order valence-electron chi connectivity index (χ4n) is 1.26. The monoisotopic (exact) mass is 301 g/mol. The molecular weight excluding hydrogens is 286 g/mol. The normalized spacial score (nSPS) is 11.1. The summed E-state index contributed by atoms with van der Waals surface area (Å²) in [6.07, 6.45) is 0.987. The zero-order chi connectivity index (χ0) is 15.3. The number of hydrogen-bond acceptors (Lipinski definition) is 5. The third-order valence-corrected chi connectivity index (χ3v) is 3.76. The first-order valence-electron chi connectivity index (χ1n) is 5.63. The summed E-state index contributed by atoms with van der Waals surface area (Å²) in [4.78, 5) is 26.9. The van der Waals surface area contributed by atoms with Crippen LogP contribution in [0.25, 0.3) is 0 Å². The maximum Gasteiger partial charge on any atom is 0.337 e. The molecule has 0 unspecified atom stereocenters. The van der Waals surface area contributed by atoms with Gasteiger partial charge in [0.05, 0.1) is 5.56 Å². The second-order valence-electron chi connectivity index (χ2n) is 4.13. The van der Waals surface area contributed by atoms with Crippen LogP contribution >= 0.6 is 0 Å². The Labute approximate surface area is 116 Å². The minimum atomic E-state index is -3.85. The van der Waals surface area contributed by atoms with Gasteiger partial charge in [0.2, 0.25) is 5.91 Å². The molecule has 8 nitrogen and oxygen atoms in total. The lowest BCUT2D eigenvalue weighted by Crippen LogP contribution is -2.30. The van der Waals surface area contributed by atoms with E-state index in [2.05, 4.69) is 9.71 Å². The van der Waals surface area contributed by atoms with E-state index in [1.54, 1.807) is 14.1 Å². The van der Waals surface area contributed by atoms with Gasteiger partial charge in [-0.15, -0.1) is 0 Å². The molecule has 1 heterocycles. The topological polar surface area (TPSA) is 117 Å². The van der Waals surface area contributed by atoms with Crippen molar-refractivity contribution in [1.82, 2.24) is 14.6 Å². The number of carbonyl (C=O) groups excluding carboxylic acids is 1. The molecule has 1 aromatic rings. The van der Waals surface area contributed by atoms with Gasteiger partial charge in [-0.25, -0.2) is 22.9 Å². The lowest BCUT2D eigenvalue weighted by molar-refractivity contribution is -0.128. The van der Waals surface area contributed by atoms with Gasteiger partial charge in [-0.3, -0.25) is 4.79 Å². The lowest BCUT2D eigenvalue weighted by Gasteiger charge is -2.10. The summed E-state index contributed by atoms with van der Waals surface area (Å²) >= 11 is 0. The zero-order valence-electron chi connectivity index (χ0n) is 11.0. The van der Waals surface area contributed by atoms with Crippen molar-refractivity contribution in [3.63, 3.8) is 0 Å².